The first-order valence-electron chi connectivity index (χ1n) is 11.3. The molecule has 0 aromatic carbocycles. The van der Waals surface area contributed by atoms with Gasteiger partial charge in [0.2, 0.25) is 11.8 Å². The number of nitrogens with zero attached hydrogens (tertiary/aromatic N) is 2. The van der Waals surface area contributed by atoms with Crippen LogP contribution in [0.15, 0.2) is 0 Å². The number of nitrogens with one attached hydrogen (secondary N) is 2. The van der Waals surface area contributed by atoms with E-state index < -0.39 is 0 Å². The van der Waals surface area contributed by atoms with E-state index in [4.69, 9.17) is 0 Å². The van der Waals surface area contributed by atoms with Crippen LogP contribution >= 0.6 is 22.7 Å². The highest BCUT2D eigenvalue weighted by Gasteiger charge is 2.23. The van der Waals surface area contributed by atoms with E-state index in [2.05, 4.69) is 22.8 Å². The molecular formula is C24H26N4O2S2. The molecule has 0 radical (unpaired) electrons. The Balaban J connectivity index is 1.36. The van der Waals surface area contributed by atoms with Crippen molar-refractivity contribution in [2.45, 2.75) is 77.0 Å². The van der Waals surface area contributed by atoms with Crippen molar-refractivity contribution in [3.05, 3.63) is 32.0 Å². The Labute approximate surface area is 196 Å². The normalized spacial score (nSPS) is 15.3. The lowest BCUT2D eigenvalue weighted by molar-refractivity contribution is -0.121. The molecule has 2 heterocycles. The number of fused-ring (bicyclic) bond motifs is 2. The topological polar surface area (TPSA) is 106 Å². The van der Waals surface area contributed by atoms with E-state index in [0.29, 0.717) is 21.1 Å². The van der Waals surface area contributed by atoms with Gasteiger partial charge in [0.1, 0.15) is 22.1 Å². The molecule has 2 N–H and O–H groups in total. The summed E-state index contributed by atoms with van der Waals surface area (Å²) in [5, 5.41) is 26.1. The molecule has 4 rings (SSSR count). The Morgan fingerprint density at radius 1 is 0.688 bits per heavy atom. The molecule has 2 aliphatic carbocycles. The largest absolute Gasteiger partial charge is 0.317 e. The first kappa shape index (κ1) is 22.5. The maximum Gasteiger partial charge on any atom is 0.225 e. The Morgan fingerprint density at radius 2 is 1.09 bits per heavy atom. The third-order valence-corrected chi connectivity index (χ3v) is 8.57. The zero-order valence-corrected chi connectivity index (χ0v) is 19.6. The van der Waals surface area contributed by atoms with Gasteiger partial charge in [0.05, 0.1) is 11.1 Å². The van der Waals surface area contributed by atoms with Gasteiger partial charge < -0.3 is 10.6 Å². The lowest BCUT2D eigenvalue weighted by atomic mass is 10.1. The van der Waals surface area contributed by atoms with Crippen molar-refractivity contribution in [1.29, 1.82) is 10.5 Å². The zero-order valence-electron chi connectivity index (χ0n) is 18.0. The number of hydrogen-bond acceptors (Lipinski definition) is 6. The Bertz CT molecular complexity index is 1030. The molecule has 166 valence electrons. The lowest BCUT2D eigenvalue weighted by Crippen LogP contribution is -2.17. The van der Waals surface area contributed by atoms with Gasteiger partial charge in [0.25, 0.3) is 0 Å². The lowest BCUT2D eigenvalue weighted by Gasteiger charge is -2.06. The SMILES string of the molecule is N#Cc1c(NC(=O)CCC(=O)Nc2sc3c(c2C#N)CCCCC3)sc2c1CCCCC2. The smallest absolute Gasteiger partial charge is 0.225 e. The minimum Gasteiger partial charge on any atom is -0.317 e. The molecule has 0 aliphatic heterocycles. The highest BCUT2D eigenvalue weighted by Crippen LogP contribution is 2.38. The van der Waals surface area contributed by atoms with Gasteiger partial charge in [-0.05, 0) is 62.5 Å². The number of amides is 2. The molecule has 2 aliphatic rings. The summed E-state index contributed by atoms with van der Waals surface area (Å²) in [6, 6.07) is 4.52. The summed E-state index contributed by atoms with van der Waals surface area (Å²) in [6.07, 6.45) is 10.5. The van der Waals surface area contributed by atoms with E-state index in [1.54, 1.807) is 0 Å². The van der Waals surface area contributed by atoms with Crippen LogP contribution in [0.1, 0.15) is 83.4 Å². The highest BCUT2D eigenvalue weighted by molar-refractivity contribution is 7.17. The fourth-order valence-corrected chi connectivity index (χ4v) is 7.02. The van der Waals surface area contributed by atoms with Crippen LogP contribution in [0.3, 0.4) is 0 Å². The average molecular weight is 467 g/mol. The Hall–Kier alpha value is -2.68. The van der Waals surface area contributed by atoms with Gasteiger partial charge in [0.15, 0.2) is 0 Å². The number of carbonyl (C=O) groups excluding carboxylic acids is 2. The molecule has 2 amide bonds. The first-order valence-corrected chi connectivity index (χ1v) is 12.9. The van der Waals surface area contributed by atoms with E-state index in [1.165, 1.54) is 45.3 Å². The molecule has 8 heteroatoms. The summed E-state index contributed by atoms with van der Waals surface area (Å²) in [6.45, 7) is 0. The summed E-state index contributed by atoms with van der Waals surface area (Å²) in [7, 11) is 0. The number of thiophene rings is 2. The van der Waals surface area contributed by atoms with Crippen LogP contribution < -0.4 is 10.6 Å². The minimum absolute atomic E-state index is 0.0340. The standard InChI is InChI=1S/C24H26N4O2S2/c25-13-17-15-7-3-1-5-9-19(15)31-23(17)27-21(29)11-12-22(30)28-24-18(14-26)16-8-4-2-6-10-20(16)32-24/h1-12H2,(H,27,29)(H,28,30). The molecule has 2 aromatic rings. The summed E-state index contributed by atoms with van der Waals surface area (Å²) in [5.74, 6) is -0.536. The van der Waals surface area contributed by atoms with Crippen molar-refractivity contribution in [3.63, 3.8) is 0 Å². The van der Waals surface area contributed by atoms with Crippen LogP contribution in [0.25, 0.3) is 0 Å². The number of anilines is 2. The number of hydrogen-bond donors (Lipinski definition) is 2. The quantitative estimate of drug-likeness (QED) is 0.572. The van der Waals surface area contributed by atoms with Gasteiger partial charge >= 0.3 is 0 Å². The molecule has 0 unspecified atom stereocenters. The minimum atomic E-state index is -0.268. The third kappa shape index (κ3) is 4.87. The van der Waals surface area contributed by atoms with Crippen molar-refractivity contribution < 1.29 is 9.59 Å². The second-order valence-corrected chi connectivity index (χ2v) is 10.6. The fourth-order valence-electron chi connectivity index (χ4n) is 4.50. The van der Waals surface area contributed by atoms with Gasteiger partial charge in [-0.2, -0.15) is 10.5 Å². The Morgan fingerprint density at radius 3 is 1.50 bits per heavy atom. The molecule has 6 nitrogen and oxygen atoms in total. The van der Waals surface area contributed by atoms with Crippen molar-refractivity contribution in [2.75, 3.05) is 10.6 Å². The van der Waals surface area contributed by atoms with E-state index in [1.807, 2.05) is 0 Å². The molecule has 0 fully saturated rings. The maximum absolute atomic E-state index is 12.5. The van der Waals surface area contributed by atoms with Crippen LogP contribution in [-0.4, -0.2) is 11.8 Å². The van der Waals surface area contributed by atoms with Crippen molar-refractivity contribution >= 4 is 44.5 Å². The number of carbonyl (C=O) groups is 2. The van der Waals surface area contributed by atoms with E-state index >= 15 is 0 Å². The summed E-state index contributed by atoms with van der Waals surface area (Å²) in [4.78, 5) is 27.4. The van der Waals surface area contributed by atoms with Gasteiger partial charge in [-0.1, -0.05) is 12.8 Å². The predicted octanol–water partition coefficient (Wildman–Crippen LogP) is 5.45. The molecule has 0 bridgehead atoms. The van der Waals surface area contributed by atoms with Crippen LogP contribution in [0, 0.1) is 22.7 Å². The van der Waals surface area contributed by atoms with Gasteiger partial charge in [-0.25, -0.2) is 0 Å². The van der Waals surface area contributed by atoms with Crippen LogP contribution in [0.4, 0.5) is 10.0 Å². The molecule has 32 heavy (non-hydrogen) atoms. The maximum atomic E-state index is 12.5. The zero-order chi connectivity index (χ0) is 22.5. The van der Waals surface area contributed by atoms with E-state index in [9.17, 15) is 20.1 Å². The highest BCUT2D eigenvalue weighted by atomic mass is 32.1. The Kier molecular flexibility index (Phi) is 7.24. The van der Waals surface area contributed by atoms with Crippen LogP contribution in [0.5, 0.6) is 0 Å². The fraction of sp³-hybridized carbons (Fsp3) is 0.500. The van der Waals surface area contributed by atoms with Crippen molar-refractivity contribution in [2.24, 2.45) is 0 Å². The molecule has 0 atom stereocenters. The first-order chi connectivity index (χ1) is 15.6. The van der Waals surface area contributed by atoms with Gasteiger partial charge in [0, 0.05) is 22.6 Å². The summed E-state index contributed by atoms with van der Waals surface area (Å²) >= 11 is 3.00. The molecule has 0 saturated heterocycles. The second kappa shape index (κ2) is 10.3. The third-order valence-electron chi connectivity index (χ3n) is 6.15. The monoisotopic (exact) mass is 466 g/mol. The van der Waals surface area contributed by atoms with Gasteiger partial charge in [-0.3, -0.25) is 9.59 Å². The van der Waals surface area contributed by atoms with E-state index in [0.717, 1.165) is 62.5 Å². The average Bonchev–Trinajstić information content (AvgIpc) is 3.04. The number of rotatable bonds is 5. The molecule has 0 spiro atoms. The summed E-state index contributed by atoms with van der Waals surface area (Å²) in [5.41, 5.74) is 3.35. The van der Waals surface area contributed by atoms with Gasteiger partial charge in [-0.15, -0.1) is 22.7 Å². The van der Waals surface area contributed by atoms with Crippen LogP contribution in [-0.2, 0) is 35.3 Å². The predicted molar refractivity (Wildman–Crippen MR) is 127 cm³/mol. The molecular weight excluding hydrogens is 440 g/mol. The second-order valence-electron chi connectivity index (χ2n) is 8.36. The van der Waals surface area contributed by atoms with E-state index in [-0.39, 0.29) is 24.7 Å². The van der Waals surface area contributed by atoms with Crippen molar-refractivity contribution in [1.82, 2.24) is 0 Å². The van der Waals surface area contributed by atoms with Crippen LogP contribution in [0.2, 0.25) is 0 Å². The van der Waals surface area contributed by atoms with Crippen molar-refractivity contribution in [3.8, 4) is 12.1 Å². The molecule has 0 saturated carbocycles. The number of nitriles is 2. The summed E-state index contributed by atoms with van der Waals surface area (Å²) < 4.78 is 0. The number of aryl methyl sites for hydroxylation is 2. The molecule has 2 aromatic heterocycles.